The van der Waals surface area contributed by atoms with E-state index in [0.717, 1.165) is 10.6 Å². The first-order chi connectivity index (χ1) is 6.96. The van der Waals surface area contributed by atoms with Crippen molar-refractivity contribution in [2.24, 2.45) is 0 Å². The fourth-order valence-electron chi connectivity index (χ4n) is 0.977. The molecule has 1 heterocycles. The first-order valence-corrected chi connectivity index (χ1v) is 7.22. The van der Waals surface area contributed by atoms with Crippen molar-refractivity contribution in [3.8, 4) is 0 Å². The third-order valence-corrected chi connectivity index (χ3v) is 4.73. The summed E-state index contributed by atoms with van der Waals surface area (Å²) in [5.41, 5.74) is 6.45. The van der Waals surface area contributed by atoms with Gasteiger partial charge in [0.25, 0.3) is 0 Å². The van der Waals surface area contributed by atoms with Gasteiger partial charge in [0.15, 0.2) is 9.84 Å². The lowest BCUT2D eigenvalue weighted by molar-refractivity contribution is 0.597. The van der Waals surface area contributed by atoms with Crippen LogP contribution in [0.4, 0.5) is 10.8 Å². The Kier molecular flexibility index (Phi) is 3.92. The quantitative estimate of drug-likeness (QED) is 0.809. The second kappa shape index (κ2) is 4.80. The molecule has 3 N–H and O–H groups in total. The van der Waals surface area contributed by atoms with E-state index < -0.39 is 9.84 Å². The Labute approximate surface area is 93.8 Å². The average molecular weight is 249 g/mol. The van der Waals surface area contributed by atoms with E-state index >= 15 is 0 Å². The van der Waals surface area contributed by atoms with Gasteiger partial charge in [-0.25, -0.2) is 8.42 Å². The molecule has 1 aromatic heterocycles. The lowest BCUT2D eigenvalue weighted by Gasteiger charge is -2.04. The second-order valence-corrected chi connectivity index (χ2v) is 6.43. The molecule has 0 unspecified atom stereocenters. The molecule has 5 nitrogen and oxygen atoms in total. The highest BCUT2D eigenvalue weighted by Crippen LogP contribution is 2.24. The highest BCUT2D eigenvalue weighted by Gasteiger charge is 2.09. The highest BCUT2D eigenvalue weighted by atomic mass is 32.2. The van der Waals surface area contributed by atoms with E-state index in [9.17, 15) is 8.42 Å². The smallest absolute Gasteiger partial charge is 0.151 e. The van der Waals surface area contributed by atoms with Gasteiger partial charge in [-0.2, -0.15) is 4.37 Å². The van der Waals surface area contributed by atoms with E-state index in [1.807, 2.05) is 6.92 Å². The molecule has 1 aromatic rings. The molecule has 0 aliphatic carbocycles. The van der Waals surface area contributed by atoms with E-state index in [4.69, 9.17) is 5.73 Å². The lowest BCUT2D eigenvalue weighted by atomic mass is 10.3. The molecular weight excluding hydrogens is 234 g/mol. The molecule has 0 bridgehead atoms. The Morgan fingerprint density at radius 1 is 1.53 bits per heavy atom. The fraction of sp³-hybridized carbons (Fsp3) is 0.625. The summed E-state index contributed by atoms with van der Waals surface area (Å²) < 4.78 is 26.4. The van der Waals surface area contributed by atoms with Crippen molar-refractivity contribution < 1.29 is 8.42 Å². The van der Waals surface area contributed by atoms with E-state index in [-0.39, 0.29) is 11.5 Å². The molecule has 0 amide bonds. The van der Waals surface area contributed by atoms with Gasteiger partial charge < -0.3 is 11.1 Å². The summed E-state index contributed by atoms with van der Waals surface area (Å²) in [6, 6.07) is 0. The number of sulfone groups is 1. The normalized spacial score (nSPS) is 11.6. The van der Waals surface area contributed by atoms with Crippen molar-refractivity contribution in [2.45, 2.75) is 13.8 Å². The van der Waals surface area contributed by atoms with Crippen molar-refractivity contribution >= 4 is 32.2 Å². The monoisotopic (exact) mass is 249 g/mol. The van der Waals surface area contributed by atoms with Gasteiger partial charge in [0.1, 0.15) is 10.8 Å². The number of aromatic nitrogens is 1. The van der Waals surface area contributed by atoms with Crippen molar-refractivity contribution in [1.29, 1.82) is 0 Å². The first kappa shape index (κ1) is 12.3. The molecule has 0 saturated heterocycles. The maximum atomic E-state index is 11.2. The zero-order valence-corrected chi connectivity index (χ0v) is 10.4. The molecule has 7 heteroatoms. The first-order valence-electron chi connectivity index (χ1n) is 4.62. The van der Waals surface area contributed by atoms with Crippen molar-refractivity contribution in [3.05, 3.63) is 5.56 Å². The van der Waals surface area contributed by atoms with Gasteiger partial charge in [0, 0.05) is 17.9 Å². The van der Waals surface area contributed by atoms with Crippen LogP contribution < -0.4 is 11.1 Å². The van der Waals surface area contributed by atoms with Crippen LogP contribution in [0, 0.1) is 6.92 Å². The van der Waals surface area contributed by atoms with Gasteiger partial charge in [0.2, 0.25) is 0 Å². The Morgan fingerprint density at radius 2 is 2.20 bits per heavy atom. The molecule has 0 atom stereocenters. The van der Waals surface area contributed by atoms with Crippen LogP contribution in [-0.2, 0) is 9.84 Å². The Bertz CT molecular complexity index is 425. The molecule has 0 saturated carbocycles. The number of hydrogen-bond acceptors (Lipinski definition) is 6. The maximum absolute atomic E-state index is 11.2. The zero-order valence-electron chi connectivity index (χ0n) is 8.78. The molecule has 0 spiro atoms. The predicted octanol–water partition coefficient (Wildman–Crippen LogP) is 0.880. The van der Waals surface area contributed by atoms with Gasteiger partial charge in [0.05, 0.1) is 5.75 Å². The van der Waals surface area contributed by atoms with E-state index in [0.29, 0.717) is 12.4 Å². The summed E-state index contributed by atoms with van der Waals surface area (Å²) in [7, 11) is -2.91. The third-order valence-electron chi connectivity index (χ3n) is 2.10. The summed E-state index contributed by atoms with van der Waals surface area (Å²) in [4.78, 5) is 0. The Hall–Kier alpha value is -0.820. The largest absolute Gasteiger partial charge is 0.383 e. The average Bonchev–Trinajstić information content (AvgIpc) is 2.49. The number of anilines is 2. The molecule has 1 rings (SSSR count). The minimum atomic E-state index is -2.91. The van der Waals surface area contributed by atoms with E-state index in [1.165, 1.54) is 11.5 Å². The minimum Gasteiger partial charge on any atom is -0.383 e. The summed E-state index contributed by atoms with van der Waals surface area (Å²) in [6.45, 7) is 3.90. The minimum absolute atomic E-state index is 0.140. The van der Waals surface area contributed by atoms with Crippen molar-refractivity contribution in [3.63, 3.8) is 0 Å². The number of rotatable bonds is 5. The molecule has 0 aromatic carbocycles. The topological polar surface area (TPSA) is 85.1 Å². The van der Waals surface area contributed by atoms with E-state index in [2.05, 4.69) is 9.69 Å². The van der Waals surface area contributed by atoms with Gasteiger partial charge >= 0.3 is 0 Å². The lowest BCUT2D eigenvalue weighted by Crippen LogP contribution is -2.17. The number of nitrogen functional groups attached to an aromatic ring is 1. The summed E-state index contributed by atoms with van der Waals surface area (Å²) in [5, 5.41) is 3.87. The van der Waals surface area contributed by atoms with Crippen LogP contribution in [0.25, 0.3) is 0 Å². The second-order valence-electron chi connectivity index (χ2n) is 3.19. The number of nitrogens with zero attached hydrogens (tertiary/aromatic N) is 1. The van der Waals surface area contributed by atoms with Crippen LogP contribution in [0.5, 0.6) is 0 Å². The fourth-order valence-corrected chi connectivity index (χ4v) is 2.41. The highest BCUT2D eigenvalue weighted by molar-refractivity contribution is 7.91. The van der Waals surface area contributed by atoms with Gasteiger partial charge in [-0.1, -0.05) is 6.92 Å². The Morgan fingerprint density at radius 3 is 2.67 bits per heavy atom. The van der Waals surface area contributed by atoms with Crippen LogP contribution in [0.2, 0.25) is 0 Å². The molecule has 15 heavy (non-hydrogen) atoms. The standard InChI is InChI=1S/C8H15N3O2S2/c1-3-15(12,13)5-4-10-8-6(2)7(9)11-14-8/h10H,3-5H2,1-2H3,(H2,9,11). The van der Waals surface area contributed by atoms with Crippen LogP contribution in [0.1, 0.15) is 12.5 Å². The SMILES string of the molecule is CCS(=O)(=O)CCNc1snc(N)c1C. The molecule has 0 aliphatic heterocycles. The van der Waals surface area contributed by atoms with Crippen molar-refractivity contribution in [1.82, 2.24) is 4.37 Å². The maximum Gasteiger partial charge on any atom is 0.151 e. The van der Waals surface area contributed by atoms with Gasteiger partial charge in [-0.15, -0.1) is 0 Å². The molecule has 0 fully saturated rings. The number of hydrogen-bond donors (Lipinski definition) is 2. The summed E-state index contributed by atoms with van der Waals surface area (Å²) in [6.07, 6.45) is 0. The Balaban J connectivity index is 2.49. The van der Waals surface area contributed by atoms with Crippen LogP contribution in [0.15, 0.2) is 0 Å². The predicted molar refractivity (Wildman–Crippen MR) is 64.1 cm³/mol. The van der Waals surface area contributed by atoms with Gasteiger partial charge in [-0.05, 0) is 18.5 Å². The molecular formula is C8H15N3O2S2. The van der Waals surface area contributed by atoms with E-state index in [1.54, 1.807) is 6.92 Å². The van der Waals surface area contributed by atoms with Crippen LogP contribution in [0.3, 0.4) is 0 Å². The van der Waals surface area contributed by atoms with Gasteiger partial charge in [-0.3, -0.25) is 0 Å². The van der Waals surface area contributed by atoms with Crippen molar-refractivity contribution in [2.75, 3.05) is 29.1 Å². The number of nitrogens with one attached hydrogen (secondary N) is 1. The summed E-state index contributed by atoms with van der Waals surface area (Å²) in [5.74, 6) is 0.819. The molecule has 0 aliphatic rings. The summed E-state index contributed by atoms with van der Waals surface area (Å²) >= 11 is 1.25. The van der Waals surface area contributed by atoms with Crippen LogP contribution in [-0.4, -0.2) is 30.8 Å². The third kappa shape index (κ3) is 3.35. The molecule has 86 valence electrons. The zero-order chi connectivity index (χ0) is 11.5. The number of nitrogens with two attached hydrogens (primary N) is 1. The van der Waals surface area contributed by atoms with Crippen LogP contribution >= 0.6 is 11.5 Å². The molecule has 0 radical (unpaired) electrons.